The lowest BCUT2D eigenvalue weighted by Crippen LogP contribution is -2.52. The standard InChI is InChI=1S/C18H24FN3O2/c1-20-9-11-22(12-10-20)18(24)14-7-8-16(23)21(2)17(14)13-5-3-4-6-15(13)19/h3-6,14,17H,7-12H2,1-2H3/t14-,17+/m1/s1. The molecule has 2 heterocycles. The summed E-state index contributed by atoms with van der Waals surface area (Å²) in [4.78, 5) is 30.8. The third-order valence-corrected chi connectivity index (χ3v) is 5.22. The van der Waals surface area contributed by atoms with Crippen molar-refractivity contribution in [1.29, 1.82) is 0 Å². The first-order valence-electron chi connectivity index (χ1n) is 8.46. The van der Waals surface area contributed by atoms with Crippen LogP contribution >= 0.6 is 0 Å². The maximum absolute atomic E-state index is 14.3. The summed E-state index contributed by atoms with van der Waals surface area (Å²) < 4.78 is 14.3. The Bertz CT molecular complexity index is 628. The van der Waals surface area contributed by atoms with Gasteiger partial charge in [0.05, 0.1) is 12.0 Å². The summed E-state index contributed by atoms with van der Waals surface area (Å²) in [5.41, 5.74) is 0.431. The minimum Gasteiger partial charge on any atom is -0.340 e. The number of amides is 2. The molecule has 2 amide bonds. The van der Waals surface area contributed by atoms with E-state index in [-0.39, 0.29) is 23.5 Å². The Morgan fingerprint density at radius 1 is 1.12 bits per heavy atom. The molecule has 24 heavy (non-hydrogen) atoms. The van der Waals surface area contributed by atoms with Crippen LogP contribution in [-0.2, 0) is 9.59 Å². The predicted molar refractivity (Wildman–Crippen MR) is 88.7 cm³/mol. The van der Waals surface area contributed by atoms with Crippen molar-refractivity contribution in [1.82, 2.24) is 14.7 Å². The second kappa shape index (κ2) is 6.89. The lowest BCUT2D eigenvalue weighted by atomic mass is 9.83. The molecule has 0 N–H and O–H groups in total. The molecule has 6 heteroatoms. The quantitative estimate of drug-likeness (QED) is 0.824. The third kappa shape index (κ3) is 3.15. The Morgan fingerprint density at radius 3 is 2.46 bits per heavy atom. The molecule has 0 unspecified atom stereocenters. The van der Waals surface area contributed by atoms with Gasteiger partial charge in [-0.15, -0.1) is 0 Å². The van der Waals surface area contributed by atoms with Crippen LogP contribution in [0.4, 0.5) is 4.39 Å². The van der Waals surface area contributed by atoms with Crippen LogP contribution < -0.4 is 0 Å². The smallest absolute Gasteiger partial charge is 0.228 e. The van der Waals surface area contributed by atoms with Gasteiger partial charge in [0.15, 0.2) is 0 Å². The van der Waals surface area contributed by atoms with Gasteiger partial charge in [0.1, 0.15) is 5.82 Å². The first-order valence-corrected chi connectivity index (χ1v) is 8.46. The fraction of sp³-hybridized carbons (Fsp3) is 0.556. The highest BCUT2D eigenvalue weighted by atomic mass is 19.1. The van der Waals surface area contributed by atoms with Gasteiger partial charge in [0.2, 0.25) is 11.8 Å². The van der Waals surface area contributed by atoms with E-state index in [4.69, 9.17) is 0 Å². The van der Waals surface area contributed by atoms with E-state index < -0.39 is 6.04 Å². The second-order valence-corrected chi connectivity index (χ2v) is 6.74. The molecule has 130 valence electrons. The normalized spacial score (nSPS) is 25.9. The van der Waals surface area contributed by atoms with Gasteiger partial charge in [-0.3, -0.25) is 9.59 Å². The summed E-state index contributed by atoms with van der Waals surface area (Å²) in [6, 6.07) is 5.92. The minimum absolute atomic E-state index is 0.0364. The summed E-state index contributed by atoms with van der Waals surface area (Å²) in [5.74, 6) is -0.741. The van der Waals surface area contributed by atoms with Crippen LogP contribution in [0.25, 0.3) is 0 Å². The molecular formula is C18H24FN3O2. The van der Waals surface area contributed by atoms with Crippen molar-refractivity contribution in [3.05, 3.63) is 35.6 Å². The van der Waals surface area contributed by atoms with E-state index in [1.165, 1.54) is 6.07 Å². The summed E-state index contributed by atoms with van der Waals surface area (Å²) >= 11 is 0. The molecule has 2 aliphatic heterocycles. The molecule has 0 aliphatic carbocycles. The molecule has 2 aliphatic rings. The molecular weight excluding hydrogens is 309 g/mol. The fourth-order valence-corrected chi connectivity index (χ4v) is 3.70. The SMILES string of the molecule is CN1CCN(C(=O)[C@@H]2CCC(=O)N(C)[C@H]2c2ccccc2F)CC1. The van der Waals surface area contributed by atoms with Gasteiger partial charge in [0, 0.05) is 45.2 Å². The van der Waals surface area contributed by atoms with Gasteiger partial charge in [-0.1, -0.05) is 18.2 Å². The number of carbonyl (C=O) groups excluding carboxylic acids is 2. The van der Waals surface area contributed by atoms with Crippen LogP contribution in [-0.4, -0.2) is 66.8 Å². The van der Waals surface area contributed by atoms with Crippen LogP contribution in [0, 0.1) is 11.7 Å². The van der Waals surface area contributed by atoms with Crippen LogP contribution in [0.15, 0.2) is 24.3 Å². The topological polar surface area (TPSA) is 43.9 Å². The van der Waals surface area contributed by atoms with E-state index in [0.717, 1.165) is 13.1 Å². The predicted octanol–water partition coefficient (Wildman–Crippen LogP) is 1.51. The maximum atomic E-state index is 14.3. The lowest BCUT2D eigenvalue weighted by molar-refractivity contribution is -0.147. The van der Waals surface area contributed by atoms with Crippen molar-refractivity contribution in [2.75, 3.05) is 40.3 Å². The van der Waals surface area contributed by atoms with Crippen molar-refractivity contribution < 1.29 is 14.0 Å². The molecule has 5 nitrogen and oxygen atoms in total. The van der Waals surface area contributed by atoms with E-state index in [1.54, 1.807) is 30.1 Å². The number of likely N-dealkylation sites (N-methyl/N-ethyl adjacent to an activating group) is 1. The van der Waals surface area contributed by atoms with E-state index in [2.05, 4.69) is 4.90 Å². The number of halogens is 1. The molecule has 2 saturated heterocycles. The van der Waals surface area contributed by atoms with Crippen molar-refractivity contribution >= 4 is 11.8 Å². The fourth-order valence-electron chi connectivity index (χ4n) is 3.70. The number of carbonyl (C=O) groups is 2. The minimum atomic E-state index is -0.528. The maximum Gasteiger partial charge on any atom is 0.228 e. The van der Waals surface area contributed by atoms with Crippen molar-refractivity contribution in [2.45, 2.75) is 18.9 Å². The van der Waals surface area contributed by atoms with Crippen LogP contribution in [0.2, 0.25) is 0 Å². The van der Waals surface area contributed by atoms with Gasteiger partial charge >= 0.3 is 0 Å². The number of piperidine rings is 1. The Morgan fingerprint density at radius 2 is 1.79 bits per heavy atom. The molecule has 1 aromatic carbocycles. The van der Waals surface area contributed by atoms with Crippen LogP contribution in [0.5, 0.6) is 0 Å². The molecule has 0 bridgehead atoms. The number of hydrogen-bond acceptors (Lipinski definition) is 3. The Hall–Kier alpha value is -1.95. The lowest BCUT2D eigenvalue weighted by Gasteiger charge is -2.42. The zero-order valence-electron chi connectivity index (χ0n) is 14.2. The van der Waals surface area contributed by atoms with E-state index in [9.17, 15) is 14.0 Å². The van der Waals surface area contributed by atoms with Crippen LogP contribution in [0.1, 0.15) is 24.4 Å². The number of rotatable bonds is 2. The Labute approximate surface area is 142 Å². The zero-order chi connectivity index (χ0) is 17.3. The zero-order valence-corrected chi connectivity index (χ0v) is 14.2. The molecule has 0 saturated carbocycles. The Balaban J connectivity index is 1.88. The van der Waals surface area contributed by atoms with Gasteiger partial charge < -0.3 is 14.7 Å². The average Bonchev–Trinajstić information content (AvgIpc) is 2.58. The first-order chi connectivity index (χ1) is 11.5. The molecule has 2 fully saturated rings. The molecule has 0 spiro atoms. The summed E-state index contributed by atoms with van der Waals surface area (Å²) in [5, 5.41) is 0. The molecule has 0 aromatic heterocycles. The van der Waals surface area contributed by atoms with E-state index in [1.807, 2.05) is 11.9 Å². The molecule has 1 aromatic rings. The van der Waals surface area contributed by atoms with Crippen molar-refractivity contribution in [3.63, 3.8) is 0 Å². The number of nitrogens with zero attached hydrogens (tertiary/aromatic N) is 3. The third-order valence-electron chi connectivity index (χ3n) is 5.22. The number of piperazine rings is 1. The van der Waals surface area contributed by atoms with Crippen molar-refractivity contribution in [2.24, 2.45) is 5.92 Å². The second-order valence-electron chi connectivity index (χ2n) is 6.74. The summed E-state index contributed by atoms with van der Waals surface area (Å²) in [6.07, 6.45) is 0.818. The number of likely N-dealkylation sites (tertiary alicyclic amines) is 1. The van der Waals surface area contributed by atoms with Crippen LogP contribution in [0.3, 0.4) is 0 Å². The van der Waals surface area contributed by atoms with E-state index in [0.29, 0.717) is 31.5 Å². The van der Waals surface area contributed by atoms with Crippen molar-refractivity contribution in [3.8, 4) is 0 Å². The summed E-state index contributed by atoms with van der Waals surface area (Å²) in [7, 11) is 3.71. The highest BCUT2D eigenvalue weighted by Gasteiger charge is 2.41. The molecule has 0 radical (unpaired) electrons. The summed E-state index contributed by atoms with van der Waals surface area (Å²) in [6.45, 7) is 3.07. The largest absolute Gasteiger partial charge is 0.340 e. The highest BCUT2D eigenvalue weighted by Crippen LogP contribution is 2.38. The number of benzene rings is 1. The van der Waals surface area contributed by atoms with Gasteiger partial charge in [-0.05, 0) is 19.5 Å². The monoisotopic (exact) mass is 333 g/mol. The first kappa shape index (κ1) is 16.9. The van der Waals surface area contributed by atoms with Gasteiger partial charge in [-0.25, -0.2) is 4.39 Å². The van der Waals surface area contributed by atoms with E-state index >= 15 is 0 Å². The number of hydrogen-bond donors (Lipinski definition) is 0. The van der Waals surface area contributed by atoms with Gasteiger partial charge in [-0.2, -0.15) is 0 Å². The Kier molecular flexibility index (Phi) is 4.85. The highest BCUT2D eigenvalue weighted by molar-refractivity contribution is 5.85. The molecule has 3 rings (SSSR count). The average molecular weight is 333 g/mol. The van der Waals surface area contributed by atoms with Gasteiger partial charge in [0.25, 0.3) is 0 Å². The molecule has 2 atom stereocenters.